The fourth-order valence-electron chi connectivity index (χ4n) is 2.42. The van der Waals surface area contributed by atoms with Gasteiger partial charge in [-0.3, -0.25) is 0 Å². The van der Waals surface area contributed by atoms with Crippen molar-refractivity contribution < 1.29 is 19.8 Å². The summed E-state index contributed by atoms with van der Waals surface area (Å²) in [6, 6.07) is 4.65. The molecule has 0 spiro atoms. The third-order valence-electron chi connectivity index (χ3n) is 3.56. The van der Waals surface area contributed by atoms with E-state index in [2.05, 4.69) is 5.32 Å². The number of likely N-dealkylation sites (tertiary alicyclic amines) is 1. The summed E-state index contributed by atoms with van der Waals surface area (Å²) in [5.41, 5.74) is 1.01. The van der Waals surface area contributed by atoms with E-state index < -0.39 is 5.97 Å². The van der Waals surface area contributed by atoms with E-state index in [4.69, 9.17) is 5.11 Å². The lowest BCUT2D eigenvalue weighted by atomic mass is 10.1. The predicted molar refractivity (Wildman–Crippen MR) is 73.9 cm³/mol. The van der Waals surface area contributed by atoms with Gasteiger partial charge in [0.25, 0.3) is 0 Å². The number of anilines is 1. The Morgan fingerprint density at radius 3 is 2.80 bits per heavy atom. The van der Waals surface area contributed by atoms with E-state index in [1.54, 1.807) is 30.0 Å². The highest BCUT2D eigenvalue weighted by Crippen LogP contribution is 2.22. The first-order valence-electron chi connectivity index (χ1n) is 6.52. The van der Waals surface area contributed by atoms with Gasteiger partial charge in [-0.2, -0.15) is 0 Å². The predicted octanol–water partition coefficient (Wildman–Crippen LogP) is 1.54. The zero-order valence-electron chi connectivity index (χ0n) is 11.3. The SMILES string of the molecule is Cc1cccc(NC(=O)N2CCC(CO)C2)c1C(=O)O. The first-order chi connectivity index (χ1) is 9.52. The van der Waals surface area contributed by atoms with Gasteiger partial charge in [-0.15, -0.1) is 0 Å². The number of aromatic carboxylic acids is 1. The van der Waals surface area contributed by atoms with Gasteiger partial charge in [-0.25, -0.2) is 9.59 Å². The van der Waals surface area contributed by atoms with E-state index in [1.165, 1.54) is 0 Å². The minimum Gasteiger partial charge on any atom is -0.478 e. The largest absolute Gasteiger partial charge is 0.478 e. The Morgan fingerprint density at radius 1 is 1.45 bits per heavy atom. The number of nitrogens with one attached hydrogen (secondary N) is 1. The Hall–Kier alpha value is -2.08. The number of rotatable bonds is 3. The summed E-state index contributed by atoms with van der Waals surface area (Å²) >= 11 is 0. The van der Waals surface area contributed by atoms with Crippen molar-refractivity contribution in [3.63, 3.8) is 0 Å². The van der Waals surface area contributed by atoms with Crippen LogP contribution >= 0.6 is 0 Å². The van der Waals surface area contributed by atoms with Crippen LogP contribution in [0.4, 0.5) is 10.5 Å². The minimum atomic E-state index is -1.06. The van der Waals surface area contributed by atoms with Crippen molar-refractivity contribution in [1.82, 2.24) is 4.90 Å². The second kappa shape index (κ2) is 5.92. The molecule has 1 aliphatic rings. The molecule has 1 saturated heterocycles. The average Bonchev–Trinajstić information content (AvgIpc) is 2.87. The Morgan fingerprint density at radius 2 is 2.20 bits per heavy atom. The summed E-state index contributed by atoms with van der Waals surface area (Å²) in [5.74, 6) is -0.953. The number of urea groups is 1. The minimum absolute atomic E-state index is 0.0641. The zero-order chi connectivity index (χ0) is 14.7. The summed E-state index contributed by atoms with van der Waals surface area (Å²) in [6.07, 6.45) is 0.767. The van der Waals surface area contributed by atoms with Crippen LogP contribution < -0.4 is 5.32 Å². The highest BCUT2D eigenvalue weighted by molar-refractivity contribution is 6.01. The summed E-state index contributed by atoms with van der Waals surface area (Å²) < 4.78 is 0. The summed E-state index contributed by atoms with van der Waals surface area (Å²) in [5, 5.41) is 20.9. The summed E-state index contributed by atoms with van der Waals surface area (Å²) in [4.78, 5) is 24.9. The van der Waals surface area contributed by atoms with E-state index >= 15 is 0 Å². The maximum Gasteiger partial charge on any atom is 0.338 e. The molecule has 0 aromatic heterocycles. The molecule has 1 heterocycles. The molecular weight excluding hydrogens is 260 g/mol. The van der Waals surface area contributed by atoms with Crippen molar-refractivity contribution in [3.8, 4) is 0 Å². The quantitative estimate of drug-likeness (QED) is 0.782. The van der Waals surface area contributed by atoms with Crippen LogP contribution in [0.15, 0.2) is 18.2 Å². The molecule has 3 N–H and O–H groups in total. The molecule has 0 saturated carbocycles. The molecule has 6 heteroatoms. The van der Waals surface area contributed by atoms with Gasteiger partial charge in [0.15, 0.2) is 0 Å². The second-order valence-electron chi connectivity index (χ2n) is 5.02. The van der Waals surface area contributed by atoms with Gasteiger partial charge < -0.3 is 20.4 Å². The molecule has 0 bridgehead atoms. The molecule has 1 atom stereocenters. The van der Waals surface area contributed by atoms with E-state index in [-0.39, 0.29) is 24.1 Å². The third kappa shape index (κ3) is 2.91. The lowest BCUT2D eigenvalue weighted by molar-refractivity contribution is 0.0697. The van der Waals surface area contributed by atoms with Crippen LogP contribution in [0.3, 0.4) is 0 Å². The van der Waals surface area contributed by atoms with Gasteiger partial charge in [0.1, 0.15) is 0 Å². The fraction of sp³-hybridized carbons (Fsp3) is 0.429. The highest BCUT2D eigenvalue weighted by Gasteiger charge is 2.26. The number of carboxylic acid groups (broad SMARTS) is 1. The number of carboxylic acids is 1. The molecule has 6 nitrogen and oxygen atoms in total. The number of nitrogens with zero attached hydrogens (tertiary/aromatic N) is 1. The first-order valence-corrected chi connectivity index (χ1v) is 6.52. The third-order valence-corrected chi connectivity index (χ3v) is 3.56. The Kier molecular flexibility index (Phi) is 4.24. The van der Waals surface area contributed by atoms with Gasteiger partial charge in [-0.05, 0) is 25.0 Å². The molecule has 2 rings (SSSR count). The van der Waals surface area contributed by atoms with Gasteiger partial charge in [-0.1, -0.05) is 12.1 Å². The molecule has 1 aliphatic heterocycles. The van der Waals surface area contributed by atoms with Crippen LogP contribution in [0.5, 0.6) is 0 Å². The van der Waals surface area contributed by atoms with Gasteiger partial charge in [0.2, 0.25) is 0 Å². The number of hydrogen-bond acceptors (Lipinski definition) is 3. The maximum atomic E-state index is 12.1. The van der Waals surface area contributed by atoms with Crippen LogP contribution in [0.25, 0.3) is 0 Å². The normalized spacial score (nSPS) is 18.1. The topological polar surface area (TPSA) is 89.9 Å². The van der Waals surface area contributed by atoms with Crippen molar-refractivity contribution in [1.29, 1.82) is 0 Å². The molecule has 0 aliphatic carbocycles. The van der Waals surface area contributed by atoms with Gasteiger partial charge >= 0.3 is 12.0 Å². The molecule has 1 aromatic carbocycles. The monoisotopic (exact) mass is 278 g/mol. The number of carbonyl (C=O) groups is 2. The van der Waals surface area contributed by atoms with E-state index in [1.807, 2.05) is 0 Å². The standard InChI is InChI=1S/C14H18N2O4/c1-9-3-2-4-11(12(9)13(18)19)15-14(20)16-6-5-10(7-16)8-17/h2-4,10,17H,5-8H2,1H3,(H,15,20)(H,18,19). The van der Waals surface area contributed by atoms with Gasteiger partial charge in [0.05, 0.1) is 11.3 Å². The molecule has 1 unspecified atom stereocenters. The molecule has 20 heavy (non-hydrogen) atoms. The van der Waals surface area contributed by atoms with Crippen molar-refractivity contribution in [2.45, 2.75) is 13.3 Å². The smallest absolute Gasteiger partial charge is 0.338 e. The maximum absolute atomic E-state index is 12.1. The molecule has 1 fully saturated rings. The lowest BCUT2D eigenvalue weighted by Crippen LogP contribution is -2.33. The fourth-order valence-corrected chi connectivity index (χ4v) is 2.42. The van der Waals surface area contributed by atoms with Gasteiger partial charge in [0, 0.05) is 25.6 Å². The van der Waals surface area contributed by atoms with Crippen molar-refractivity contribution in [2.75, 3.05) is 25.0 Å². The molecule has 2 amide bonds. The zero-order valence-corrected chi connectivity index (χ0v) is 11.3. The Bertz CT molecular complexity index is 530. The Labute approximate surface area is 117 Å². The molecule has 108 valence electrons. The second-order valence-corrected chi connectivity index (χ2v) is 5.02. The number of aryl methyl sites for hydroxylation is 1. The van der Waals surface area contributed by atoms with Crippen LogP contribution in [0, 0.1) is 12.8 Å². The Balaban J connectivity index is 2.13. The van der Waals surface area contributed by atoms with Crippen molar-refractivity contribution >= 4 is 17.7 Å². The number of aliphatic hydroxyl groups excluding tert-OH is 1. The van der Waals surface area contributed by atoms with Crippen LogP contribution in [-0.4, -0.2) is 46.8 Å². The molecular formula is C14H18N2O4. The summed E-state index contributed by atoms with van der Waals surface area (Å²) in [7, 11) is 0. The average molecular weight is 278 g/mol. The van der Waals surface area contributed by atoms with E-state index in [0.717, 1.165) is 6.42 Å². The van der Waals surface area contributed by atoms with Crippen LogP contribution in [-0.2, 0) is 0 Å². The lowest BCUT2D eigenvalue weighted by Gasteiger charge is -2.18. The van der Waals surface area contributed by atoms with E-state index in [0.29, 0.717) is 24.3 Å². The first kappa shape index (κ1) is 14.3. The van der Waals surface area contributed by atoms with Crippen molar-refractivity contribution in [2.24, 2.45) is 5.92 Å². The molecule has 1 aromatic rings. The number of hydrogen-bond donors (Lipinski definition) is 3. The highest BCUT2D eigenvalue weighted by atomic mass is 16.4. The van der Waals surface area contributed by atoms with Crippen LogP contribution in [0.2, 0.25) is 0 Å². The number of benzene rings is 1. The van der Waals surface area contributed by atoms with Crippen LogP contribution in [0.1, 0.15) is 22.3 Å². The number of aliphatic hydroxyl groups is 1. The number of amides is 2. The van der Waals surface area contributed by atoms with Crippen molar-refractivity contribution in [3.05, 3.63) is 29.3 Å². The van der Waals surface area contributed by atoms with E-state index in [9.17, 15) is 14.7 Å². The summed E-state index contributed by atoms with van der Waals surface area (Å²) in [6.45, 7) is 2.83. The molecule has 0 radical (unpaired) electrons. The number of carbonyl (C=O) groups excluding carboxylic acids is 1.